The summed E-state index contributed by atoms with van der Waals surface area (Å²) < 4.78 is 9.86. The molecule has 1 atom stereocenters. The van der Waals surface area contributed by atoms with Crippen LogP contribution in [0.3, 0.4) is 0 Å². The van der Waals surface area contributed by atoms with E-state index in [1.807, 2.05) is 0 Å². The highest BCUT2D eigenvalue weighted by molar-refractivity contribution is 5.36. The molecule has 2 heterocycles. The van der Waals surface area contributed by atoms with Crippen molar-refractivity contribution in [2.75, 3.05) is 6.61 Å². The van der Waals surface area contributed by atoms with Gasteiger partial charge in [0.25, 0.3) is 0 Å². The Morgan fingerprint density at radius 2 is 2.42 bits per heavy atom. The summed E-state index contributed by atoms with van der Waals surface area (Å²) in [6.07, 6.45) is -0.836. The molecule has 1 aliphatic rings. The standard InChI is InChI=1S/C8H8O4/c1-4-2-6-7(8(10)12-4)5(9)3-11-6/h2,5,9H,3H2,1H3/t5-/m1/s1. The zero-order chi connectivity index (χ0) is 8.72. The SMILES string of the molecule is Cc1cc2c(c(=O)o1)[C@H](O)CO2. The molecule has 1 N–H and O–H groups in total. The summed E-state index contributed by atoms with van der Waals surface area (Å²) in [5.41, 5.74) is -0.268. The molecule has 2 rings (SSSR count). The molecule has 1 aromatic heterocycles. The molecule has 0 fully saturated rings. The average molecular weight is 168 g/mol. The summed E-state index contributed by atoms with van der Waals surface area (Å²) in [4.78, 5) is 11.1. The number of aliphatic hydroxyl groups excluding tert-OH is 1. The van der Waals surface area contributed by atoms with Crippen molar-refractivity contribution < 1.29 is 14.3 Å². The van der Waals surface area contributed by atoms with Crippen LogP contribution in [-0.2, 0) is 0 Å². The second-order valence-corrected chi connectivity index (χ2v) is 2.75. The Bertz CT molecular complexity index is 366. The highest BCUT2D eigenvalue weighted by Crippen LogP contribution is 2.29. The molecule has 0 unspecified atom stereocenters. The minimum atomic E-state index is -0.836. The first kappa shape index (κ1) is 7.36. The molecule has 0 saturated heterocycles. The number of ether oxygens (including phenoxy) is 1. The molecule has 64 valence electrons. The monoisotopic (exact) mass is 168 g/mol. The molecule has 0 bridgehead atoms. The van der Waals surface area contributed by atoms with Gasteiger partial charge in [-0.15, -0.1) is 0 Å². The zero-order valence-electron chi connectivity index (χ0n) is 6.53. The van der Waals surface area contributed by atoms with E-state index >= 15 is 0 Å². The Morgan fingerprint density at radius 1 is 1.67 bits per heavy atom. The van der Waals surface area contributed by atoms with Crippen molar-refractivity contribution in [2.24, 2.45) is 0 Å². The maximum Gasteiger partial charge on any atom is 0.345 e. The van der Waals surface area contributed by atoms with Gasteiger partial charge in [-0.2, -0.15) is 0 Å². The summed E-state index contributed by atoms with van der Waals surface area (Å²) >= 11 is 0. The van der Waals surface area contributed by atoms with E-state index in [4.69, 9.17) is 9.15 Å². The van der Waals surface area contributed by atoms with E-state index in [0.29, 0.717) is 11.5 Å². The number of fused-ring (bicyclic) bond motifs is 1. The maximum absolute atomic E-state index is 11.1. The lowest BCUT2D eigenvalue weighted by molar-refractivity contribution is 0.139. The molecule has 0 spiro atoms. The highest BCUT2D eigenvalue weighted by Gasteiger charge is 2.26. The Balaban J connectivity index is 2.69. The van der Waals surface area contributed by atoms with Gasteiger partial charge in [0, 0.05) is 6.07 Å². The first-order chi connectivity index (χ1) is 5.68. The van der Waals surface area contributed by atoms with Gasteiger partial charge in [-0.05, 0) is 6.92 Å². The lowest BCUT2D eigenvalue weighted by atomic mass is 10.2. The second kappa shape index (κ2) is 2.35. The molecule has 4 heteroatoms. The molecule has 0 radical (unpaired) electrons. The van der Waals surface area contributed by atoms with Crippen molar-refractivity contribution in [3.8, 4) is 5.75 Å². The van der Waals surface area contributed by atoms with Crippen LogP contribution in [0.15, 0.2) is 15.3 Å². The molecule has 4 nitrogen and oxygen atoms in total. The molecule has 12 heavy (non-hydrogen) atoms. The lowest BCUT2D eigenvalue weighted by Crippen LogP contribution is -2.09. The Kier molecular flexibility index (Phi) is 1.44. The molecule has 0 aliphatic carbocycles. The van der Waals surface area contributed by atoms with Gasteiger partial charge in [-0.1, -0.05) is 0 Å². The van der Waals surface area contributed by atoms with Gasteiger partial charge in [0.2, 0.25) is 0 Å². The van der Waals surface area contributed by atoms with E-state index in [1.54, 1.807) is 13.0 Å². The van der Waals surface area contributed by atoms with Crippen LogP contribution in [0.4, 0.5) is 0 Å². The van der Waals surface area contributed by atoms with Gasteiger partial charge in [-0.25, -0.2) is 4.79 Å². The van der Waals surface area contributed by atoms with E-state index in [-0.39, 0.29) is 12.2 Å². The number of rotatable bonds is 0. The fourth-order valence-electron chi connectivity index (χ4n) is 1.27. The Morgan fingerprint density at radius 3 is 3.17 bits per heavy atom. The van der Waals surface area contributed by atoms with Crippen LogP contribution in [0.1, 0.15) is 17.4 Å². The zero-order valence-corrected chi connectivity index (χ0v) is 6.53. The fraction of sp³-hybridized carbons (Fsp3) is 0.375. The summed E-state index contributed by atoms with van der Waals surface area (Å²) in [7, 11) is 0. The summed E-state index contributed by atoms with van der Waals surface area (Å²) in [6, 6.07) is 1.60. The van der Waals surface area contributed by atoms with E-state index in [1.165, 1.54) is 0 Å². The third-order valence-electron chi connectivity index (χ3n) is 1.80. The first-order valence-corrected chi connectivity index (χ1v) is 3.64. The molecule has 0 aromatic carbocycles. The van der Waals surface area contributed by atoms with Gasteiger partial charge in [0.1, 0.15) is 29.8 Å². The van der Waals surface area contributed by atoms with Crippen LogP contribution in [0.25, 0.3) is 0 Å². The van der Waals surface area contributed by atoms with E-state index in [9.17, 15) is 9.90 Å². The Labute approximate surface area is 68.4 Å². The predicted octanol–water partition coefficient (Wildman–Crippen LogP) is 0.374. The minimum absolute atomic E-state index is 0.142. The number of hydrogen-bond donors (Lipinski definition) is 1. The van der Waals surface area contributed by atoms with Gasteiger partial charge in [-0.3, -0.25) is 0 Å². The van der Waals surface area contributed by atoms with Crippen molar-refractivity contribution in [1.29, 1.82) is 0 Å². The van der Waals surface area contributed by atoms with Crippen LogP contribution in [-0.4, -0.2) is 11.7 Å². The van der Waals surface area contributed by atoms with Gasteiger partial charge in [0.15, 0.2) is 0 Å². The molecule has 1 aliphatic heterocycles. The largest absolute Gasteiger partial charge is 0.490 e. The highest BCUT2D eigenvalue weighted by atomic mass is 16.5. The van der Waals surface area contributed by atoms with Gasteiger partial charge < -0.3 is 14.3 Å². The number of hydrogen-bond acceptors (Lipinski definition) is 4. The van der Waals surface area contributed by atoms with Crippen LogP contribution < -0.4 is 10.4 Å². The van der Waals surface area contributed by atoms with Gasteiger partial charge >= 0.3 is 5.63 Å². The third-order valence-corrected chi connectivity index (χ3v) is 1.80. The van der Waals surface area contributed by atoms with E-state index in [0.717, 1.165) is 0 Å². The number of aliphatic hydroxyl groups is 1. The third kappa shape index (κ3) is 0.921. The summed E-state index contributed by atoms with van der Waals surface area (Å²) in [5.74, 6) is 0.934. The van der Waals surface area contributed by atoms with Crippen LogP contribution >= 0.6 is 0 Å². The fourth-order valence-corrected chi connectivity index (χ4v) is 1.27. The van der Waals surface area contributed by atoms with Crippen LogP contribution in [0.2, 0.25) is 0 Å². The van der Waals surface area contributed by atoms with Crippen LogP contribution in [0, 0.1) is 6.92 Å². The predicted molar refractivity (Wildman–Crippen MR) is 40.2 cm³/mol. The van der Waals surface area contributed by atoms with Crippen molar-refractivity contribution in [3.05, 3.63) is 27.8 Å². The second-order valence-electron chi connectivity index (χ2n) is 2.75. The summed E-state index contributed by atoms with van der Waals surface area (Å²) in [5, 5.41) is 9.27. The van der Waals surface area contributed by atoms with Crippen molar-refractivity contribution in [2.45, 2.75) is 13.0 Å². The summed E-state index contributed by atoms with van der Waals surface area (Å²) in [6.45, 7) is 1.80. The minimum Gasteiger partial charge on any atom is -0.490 e. The molecule has 0 amide bonds. The Hall–Kier alpha value is -1.29. The molecule has 0 saturated carbocycles. The molecule has 1 aromatic rings. The quantitative estimate of drug-likeness (QED) is 0.608. The molecular weight excluding hydrogens is 160 g/mol. The first-order valence-electron chi connectivity index (χ1n) is 3.64. The smallest absolute Gasteiger partial charge is 0.345 e. The van der Waals surface area contributed by atoms with Crippen molar-refractivity contribution in [3.63, 3.8) is 0 Å². The average Bonchev–Trinajstić information content (AvgIpc) is 2.31. The van der Waals surface area contributed by atoms with Crippen molar-refractivity contribution in [1.82, 2.24) is 0 Å². The van der Waals surface area contributed by atoms with E-state index in [2.05, 4.69) is 0 Å². The topological polar surface area (TPSA) is 59.7 Å². The van der Waals surface area contributed by atoms with Crippen molar-refractivity contribution >= 4 is 0 Å². The van der Waals surface area contributed by atoms with E-state index < -0.39 is 11.7 Å². The lowest BCUT2D eigenvalue weighted by Gasteiger charge is -1.97. The van der Waals surface area contributed by atoms with Gasteiger partial charge in [0.05, 0.1) is 0 Å². The normalized spacial score (nSPS) is 20.3. The molecular formula is C8H8O4. The number of aryl methyl sites for hydroxylation is 1. The maximum atomic E-state index is 11.1. The van der Waals surface area contributed by atoms with Crippen LogP contribution in [0.5, 0.6) is 5.75 Å².